The van der Waals surface area contributed by atoms with Crippen molar-refractivity contribution in [1.82, 2.24) is 0 Å². The smallest absolute Gasteiger partial charge is 0.172 e. The van der Waals surface area contributed by atoms with E-state index in [1.165, 1.54) is 0 Å². The number of halogens is 1. The number of Topliss-reactive ketones (excluding diaryl/α,β-unsaturated/α-hetero) is 1. The number of carbonyl (C=O) groups excluding carboxylic acids is 1. The number of hydrogen-bond donors (Lipinski definition) is 0. The minimum atomic E-state index is -1.63. The van der Waals surface area contributed by atoms with E-state index in [4.69, 9.17) is 4.74 Å². The maximum Gasteiger partial charge on any atom is 0.172 e. The molecule has 0 spiro atoms. The van der Waals surface area contributed by atoms with Gasteiger partial charge in [-0.2, -0.15) is 0 Å². The molecule has 0 aliphatic heterocycles. The van der Waals surface area contributed by atoms with Crippen molar-refractivity contribution < 1.29 is 13.9 Å². The normalized spacial score (nSPS) is 24.8. The van der Waals surface area contributed by atoms with Crippen LogP contribution in [0.15, 0.2) is 24.3 Å². The molecule has 1 fully saturated rings. The first-order valence-electron chi connectivity index (χ1n) is 5.49. The van der Waals surface area contributed by atoms with Crippen LogP contribution in [0.4, 0.5) is 4.39 Å². The number of rotatable bonds is 3. The molecule has 1 aliphatic carbocycles. The van der Waals surface area contributed by atoms with Gasteiger partial charge in [0, 0.05) is 12.8 Å². The largest absolute Gasteiger partial charge is 0.497 e. The lowest BCUT2D eigenvalue weighted by Crippen LogP contribution is -2.30. The molecule has 0 bridgehead atoms. The number of ketones is 1. The molecule has 0 radical (unpaired) electrons. The van der Waals surface area contributed by atoms with Crippen LogP contribution in [0, 0.1) is 0 Å². The SMILES string of the molecule is COc1ccc(CC2(F)CCCC2=O)cc1. The van der Waals surface area contributed by atoms with E-state index in [9.17, 15) is 9.18 Å². The molecule has 86 valence electrons. The zero-order valence-electron chi connectivity index (χ0n) is 9.33. The lowest BCUT2D eigenvalue weighted by molar-refractivity contribution is -0.127. The van der Waals surface area contributed by atoms with Gasteiger partial charge in [-0.05, 0) is 30.5 Å². The second-order valence-corrected chi connectivity index (χ2v) is 4.27. The van der Waals surface area contributed by atoms with Gasteiger partial charge >= 0.3 is 0 Å². The highest BCUT2D eigenvalue weighted by Crippen LogP contribution is 2.33. The van der Waals surface area contributed by atoms with Crippen molar-refractivity contribution in [3.63, 3.8) is 0 Å². The Bertz CT molecular complexity index is 385. The number of ether oxygens (including phenoxy) is 1. The Hall–Kier alpha value is -1.38. The number of alkyl halides is 1. The Balaban J connectivity index is 2.11. The van der Waals surface area contributed by atoms with Gasteiger partial charge < -0.3 is 4.74 Å². The lowest BCUT2D eigenvalue weighted by Gasteiger charge is -2.17. The Labute approximate surface area is 94.4 Å². The summed E-state index contributed by atoms with van der Waals surface area (Å²) in [5.74, 6) is 0.498. The Kier molecular flexibility index (Phi) is 2.95. The third-order valence-electron chi connectivity index (χ3n) is 3.12. The molecule has 16 heavy (non-hydrogen) atoms. The maximum absolute atomic E-state index is 14.2. The monoisotopic (exact) mass is 222 g/mol. The Morgan fingerprint density at radius 1 is 1.38 bits per heavy atom. The molecule has 2 rings (SSSR count). The molecule has 1 aromatic carbocycles. The number of hydrogen-bond acceptors (Lipinski definition) is 2. The molecule has 1 aromatic rings. The van der Waals surface area contributed by atoms with Crippen LogP contribution in [0.2, 0.25) is 0 Å². The standard InChI is InChI=1S/C13H15FO2/c1-16-11-6-4-10(5-7-11)9-13(14)8-2-3-12(13)15/h4-7H,2-3,8-9H2,1H3. The van der Waals surface area contributed by atoms with Gasteiger partial charge in [0.05, 0.1) is 7.11 Å². The second kappa shape index (κ2) is 4.24. The van der Waals surface area contributed by atoms with Crippen LogP contribution < -0.4 is 4.74 Å². The van der Waals surface area contributed by atoms with Crippen molar-refractivity contribution in [1.29, 1.82) is 0 Å². The molecule has 0 heterocycles. The van der Waals surface area contributed by atoms with Crippen molar-refractivity contribution in [3.05, 3.63) is 29.8 Å². The van der Waals surface area contributed by atoms with Crippen LogP contribution in [0.25, 0.3) is 0 Å². The first-order chi connectivity index (χ1) is 7.64. The van der Waals surface area contributed by atoms with Crippen molar-refractivity contribution in [3.8, 4) is 5.75 Å². The summed E-state index contributed by atoms with van der Waals surface area (Å²) in [5, 5.41) is 0. The summed E-state index contributed by atoms with van der Waals surface area (Å²) < 4.78 is 19.2. The van der Waals surface area contributed by atoms with Crippen molar-refractivity contribution in [2.45, 2.75) is 31.4 Å². The molecule has 2 nitrogen and oxygen atoms in total. The molecular weight excluding hydrogens is 207 g/mol. The summed E-state index contributed by atoms with van der Waals surface area (Å²) >= 11 is 0. The number of benzene rings is 1. The fourth-order valence-corrected chi connectivity index (χ4v) is 2.15. The minimum absolute atomic E-state index is 0.190. The number of carbonyl (C=O) groups is 1. The zero-order valence-corrected chi connectivity index (χ0v) is 9.33. The molecular formula is C13H15FO2. The van der Waals surface area contributed by atoms with E-state index >= 15 is 0 Å². The van der Waals surface area contributed by atoms with E-state index in [0.29, 0.717) is 19.3 Å². The Morgan fingerprint density at radius 3 is 2.56 bits per heavy atom. The van der Waals surface area contributed by atoms with Gasteiger partial charge in [0.1, 0.15) is 5.75 Å². The molecule has 0 aromatic heterocycles. The molecule has 1 aliphatic rings. The van der Waals surface area contributed by atoms with E-state index < -0.39 is 5.67 Å². The van der Waals surface area contributed by atoms with Crippen LogP contribution in [-0.2, 0) is 11.2 Å². The summed E-state index contributed by atoms with van der Waals surface area (Å²) in [6.45, 7) is 0. The van der Waals surface area contributed by atoms with Gasteiger partial charge in [0.15, 0.2) is 11.5 Å². The topological polar surface area (TPSA) is 26.3 Å². The molecule has 0 saturated heterocycles. The van der Waals surface area contributed by atoms with Gasteiger partial charge in [-0.1, -0.05) is 12.1 Å². The molecule has 1 saturated carbocycles. The highest BCUT2D eigenvalue weighted by molar-refractivity contribution is 5.89. The molecule has 1 unspecified atom stereocenters. The zero-order chi connectivity index (χ0) is 11.6. The average Bonchev–Trinajstić information content (AvgIpc) is 2.60. The third-order valence-corrected chi connectivity index (χ3v) is 3.12. The molecule has 3 heteroatoms. The average molecular weight is 222 g/mol. The van der Waals surface area contributed by atoms with Crippen LogP contribution in [0.1, 0.15) is 24.8 Å². The highest BCUT2D eigenvalue weighted by Gasteiger charge is 2.42. The van der Waals surface area contributed by atoms with E-state index in [1.807, 2.05) is 12.1 Å². The second-order valence-electron chi connectivity index (χ2n) is 4.27. The summed E-state index contributed by atoms with van der Waals surface area (Å²) in [5.41, 5.74) is -0.784. The predicted molar refractivity (Wildman–Crippen MR) is 59.4 cm³/mol. The van der Waals surface area contributed by atoms with Gasteiger partial charge in [0.2, 0.25) is 0 Å². The minimum Gasteiger partial charge on any atom is -0.497 e. The summed E-state index contributed by atoms with van der Waals surface area (Å²) in [7, 11) is 1.59. The summed E-state index contributed by atoms with van der Waals surface area (Å²) in [6.07, 6.45) is 1.60. The van der Waals surface area contributed by atoms with Crippen LogP contribution in [0.5, 0.6) is 5.75 Å². The van der Waals surface area contributed by atoms with E-state index in [0.717, 1.165) is 11.3 Å². The van der Waals surface area contributed by atoms with Crippen LogP contribution in [0.3, 0.4) is 0 Å². The lowest BCUT2D eigenvalue weighted by atomic mass is 9.94. The number of methoxy groups -OCH3 is 1. The van der Waals surface area contributed by atoms with Gasteiger partial charge in [-0.25, -0.2) is 4.39 Å². The third kappa shape index (κ3) is 2.08. The predicted octanol–water partition coefficient (Wildman–Crippen LogP) is 2.70. The van der Waals surface area contributed by atoms with E-state index in [2.05, 4.69) is 0 Å². The van der Waals surface area contributed by atoms with Crippen molar-refractivity contribution in [2.75, 3.05) is 7.11 Å². The first kappa shape index (κ1) is 11.1. The van der Waals surface area contributed by atoms with E-state index in [-0.39, 0.29) is 12.2 Å². The van der Waals surface area contributed by atoms with Crippen LogP contribution in [-0.4, -0.2) is 18.6 Å². The maximum atomic E-state index is 14.2. The summed E-state index contributed by atoms with van der Waals surface area (Å²) in [6, 6.07) is 7.20. The van der Waals surface area contributed by atoms with Crippen LogP contribution >= 0.6 is 0 Å². The van der Waals surface area contributed by atoms with Crippen molar-refractivity contribution >= 4 is 5.78 Å². The van der Waals surface area contributed by atoms with E-state index in [1.54, 1.807) is 19.2 Å². The quantitative estimate of drug-likeness (QED) is 0.786. The fourth-order valence-electron chi connectivity index (χ4n) is 2.15. The molecule has 0 N–H and O–H groups in total. The van der Waals surface area contributed by atoms with Gasteiger partial charge in [-0.15, -0.1) is 0 Å². The van der Waals surface area contributed by atoms with Crippen molar-refractivity contribution in [2.24, 2.45) is 0 Å². The van der Waals surface area contributed by atoms with Gasteiger partial charge in [0.25, 0.3) is 0 Å². The molecule has 0 amide bonds. The highest BCUT2D eigenvalue weighted by atomic mass is 19.1. The van der Waals surface area contributed by atoms with Gasteiger partial charge in [-0.3, -0.25) is 4.79 Å². The fraction of sp³-hybridized carbons (Fsp3) is 0.462. The first-order valence-corrected chi connectivity index (χ1v) is 5.49. The summed E-state index contributed by atoms with van der Waals surface area (Å²) in [4.78, 5) is 11.4. The molecule has 1 atom stereocenters. The Morgan fingerprint density at radius 2 is 2.06 bits per heavy atom.